The van der Waals surface area contributed by atoms with Crippen molar-refractivity contribution in [2.45, 2.75) is 0 Å². The van der Waals surface area contributed by atoms with Crippen LogP contribution in [0.3, 0.4) is 0 Å². The molecular formula is C2H12Br2N2O2Pt. The van der Waals surface area contributed by atoms with Gasteiger partial charge in [-0.15, -0.1) is 0 Å². The summed E-state index contributed by atoms with van der Waals surface area (Å²) in [6, 6.07) is 0. The fourth-order valence-corrected chi connectivity index (χ4v) is 0. The molecule has 66 valence electrons. The van der Waals surface area contributed by atoms with Gasteiger partial charge in [0.15, 0.2) is 0 Å². The number of rotatable bonds is 1. The maximum absolute atomic E-state index is 4.90. The Kier molecular flexibility index (Phi) is 84.6. The molecular weight excluding hydrogens is 439 g/mol. The van der Waals surface area contributed by atoms with Gasteiger partial charge in [-0.25, -0.2) is 0 Å². The van der Waals surface area contributed by atoms with Gasteiger partial charge in [-0.3, -0.25) is 0 Å². The van der Waals surface area contributed by atoms with E-state index in [1.54, 1.807) is 0 Å². The Bertz CT molecular complexity index is 28.0. The molecule has 0 aliphatic rings. The molecule has 0 aromatic heterocycles. The second-order valence-corrected chi connectivity index (χ2v) is 10.6. The summed E-state index contributed by atoms with van der Waals surface area (Å²) < 4.78 is 0. The summed E-state index contributed by atoms with van der Waals surface area (Å²) >= 11 is 6.56. The predicted octanol–water partition coefficient (Wildman–Crippen LogP) is -1.06. The first-order valence-electron chi connectivity index (χ1n) is 1.56. The molecule has 9 heavy (non-hydrogen) atoms. The van der Waals surface area contributed by atoms with E-state index < -0.39 is 0 Å². The third-order valence-corrected chi connectivity index (χ3v) is 0.167. The molecule has 0 rings (SSSR count). The van der Waals surface area contributed by atoms with E-state index in [4.69, 9.17) is 11.5 Å². The van der Waals surface area contributed by atoms with Gasteiger partial charge in [-0.05, 0) is 0 Å². The SMILES string of the molecule is NCCN.O.O.[Br][Pt][Br]. The van der Waals surface area contributed by atoms with E-state index in [1.165, 1.54) is 0 Å². The molecule has 0 radical (unpaired) electrons. The van der Waals surface area contributed by atoms with Gasteiger partial charge in [0.1, 0.15) is 0 Å². The average molecular weight is 451 g/mol. The maximum atomic E-state index is 4.90. The van der Waals surface area contributed by atoms with Gasteiger partial charge in [0.05, 0.1) is 0 Å². The molecule has 0 fully saturated rings. The molecule has 0 aromatic carbocycles. The fourth-order valence-electron chi connectivity index (χ4n) is 0. The predicted molar refractivity (Wildman–Crippen MR) is 43.2 cm³/mol. The molecule has 4 nitrogen and oxygen atoms in total. The molecule has 0 aliphatic carbocycles. The molecule has 0 aliphatic heterocycles. The number of halogens is 2. The van der Waals surface area contributed by atoms with Crippen molar-refractivity contribution in [3.8, 4) is 0 Å². The van der Waals surface area contributed by atoms with Gasteiger partial charge >= 0.3 is 41.0 Å². The monoisotopic (exact) mass is 449 g/mol. The van der Waals surface area contributed by atoms with Crippen LogP contribution in [0.15, 0.2) is 0 Å². The second-order valence-electron chi connectivity index (χ2n) is 0.623. The van der Waals surface area contributed by atoms with Crippen molar-refractivity contribution >= 4 is 26.6 Å². The first-order chi connectivity index (χ1) is 3.33. The minimum atomic E-state index is 0. The molecule has 0 atom stereocenters. The standard InChI is InChI=1S/C2H8N2.2BrH.2H2O.Pt/c3-1-2-4;;;;;/h1-4H2;2*1H;2*1H2;/q;;;;;+2/p-2. The number of nitrogens with two attached hydrogens (primary N) is 2. The van der Waals surface area contributed by atoms with E-state index in [9.17, 15) is 0 Å². The zero-order valence-corrected chi connectivity index (χ0v) is 10.1. The van der Waals surface area contributed by atoms with Crippen molar-refractivity contribution in [2.75, 3.05) is 13.1 Å². The van der Waals surface area contributed by atoms with Crippen molar-refractivity contribution in [3.63, 3.8) is 0 Å². The number of hydrogen-bond donors (Lipinski definition) is 2. The third kappa shape index (κ3) is 85.9. The Labute approximate surface area is 76.2 Å². The summed E-state index contributed by atoms with van der Waals surface area (Å²) in [6.07, 6.45) is 0. The molecule has 0 saturated heterocycles. The van der Waals surface area contributed by atoms with Crippen LogP contribution < -0.4 is 11.5 Å². The summed E-state index contributed by atoms with van der Waals surface area (Å²) in [7, 11) is 0. The Balaban J connectivity index is -0.0000000233. The summed E-state index contributed by atoms with van der Waals surface area (Å²) in [5.74, 6) is 0. The van der Waals surface area contributed by atoms with Crippen molar-refractivity contribution in [1.29, 1.82) is 0 Å². The summed E-state index contributed by atoms with van der Waals surface area (Å²) in [4.78, 5) is 0. The van der Waals surface area contributed by atoms with Crippen LogP contribution in [0, 0.1) is 0 Å². The van der Waals surface area contributed by atoms with E-state index >= 15 is 0 Å². The normalized spacial score (nSPS) is 5.78. The molecule has 0 heterocycles. The molecule has 0 amide bonds. The van der Waals surface area contributed by atoms with Crippen molar-refractivity contribution in [1.82, 2.24) is 0 Å². The van der Waals surface area contributed by atoms with Gasteiger partial charge < -0.3 is 22.4 Å². The second kappa shape index (κ2) is 33.9. The fraction of sp³-hybridized carbons (Fsp3) is 1.00. The van der Waals surface area contributed by atoms with Crippen LogP contribution in [0.5, 0.6) is 0 Å². The van der Waals surface area contributed by atoms with Crippen molar-refractivity contribution in [3.05, 3.63) is 0 Å². The van der Waals surface area contributed by atoms with Crippen molar-refractivity contribution < 1.29 is 25.4 Å². The van der Waals surface area contributed by atoms with Gasteiger partial charge in [-0.2, -0.15) is 0 Å². The Morgan fingerprint density at radius 3 is 1.11 bits per heavy atom. The van der Waals surface area contributed by atoms with Crippen LogP contribution in [-0.4, -0.2) is 24.0 Å². The molecule has 8 N–H and O–H groups in total. The molecule has 0 bridgehead atoms. The molecule has 0 spiro atoms. The third-order valence-electron chi connectivity index (χ3n) is 0.167. The van der Waals surface area contributed by atoms with Crippen LogP contribution >= 0.6 is 26.6 Å². The Hall–Kier alpha value is 1.49. The number of hydrogen-bond acceptors (Lipinski definition) is 2. The first-order valence-corrected chi connectivity index (χ1v) is 11.5. The van der Waals surface area contributed by atoms with E-state index in [0.29, 0.717) is 13.1 Å². The molecule has 7 heteroatoms. The summed E-state index contributed by atoms with van der Waals surface area (Å²) in [5, 5.41) is 0. The molecule has 0 saturated carbocycles. The van der Waals surface area contributed by atoms with Gasteiger partial charge in [-0.1, -0.05) is 0 Å². The zero-order valence-electron chi connectivity index (χ0n) is 4.64. The van der Waals surface area contributed by atoms with Crippen molar-refractivity contribution in [2.24, 2.45) is 11.5 Å². The summed E-state index contributed by atoms with van der Waals surface area (Å²) in [6.45, 7) is 1.19. The van der Waals surface area contributed by atoms with Gasteiger partial charge in [0.2, 0.25) is 0 Å². The van der Waals surface area contributed by atoms with Gasteiger partial charge in [0.25, 0.3) is 0 Å². The molecule has 0 aromatic rings. The Morgan fingerprint density at radius 1 is 1.00 bits per heavy atom. The van der Waals surface area contributed by atoms with Crippen LogP contribution in [0.2, 0.25) is 0 Å². The molecule has 0 unspecified atom stereocenters. The first kappa shape index (κ1) is 22.4. The van der Waals surface area contributed by atoms with Crippen LogP contribution in [0.4, 0.5) is 0 Å². The topological polar surface area (TPSA) is 115 Å². The van der Waals surface area contributed by atoms with Gasteiger partial charge in [0, 0.05) is 13.1 Å². The van der Waals surface area contributed by atoms with Crippen LogP contribution in [-0.2, 0) is 14.5 Å². The van der Waals surface area contributed by atoms with E-state index in [2.05, 4.69) is 26.6 Å². The van der Waals surface area contributed by atoms with E-state index in [-0.39, 0.29) is 25.4 Å². The van der Waals surface area contributed by atoms with E-state index in [1.807, 2.05) is 0 Å². The quantitative estimate of drug-likeness (QED) is 0.530. The summed E-state index contributed by atoms with van der Waals surface area (Å²) in [5.41, 5.74) is 9.81. The average Bonchev–Trinajstić information content (AvgIpc) is 1.69. The van der Waals surface area contributed by atoms with E-state index in [0.717, 1.165) is 0 Å². The minimum absolute atomic E-state index is 0. The van der Waals surface area contributed by atoms with Crippen LogP contribution in [0.25, 0.3) is 0 Å². The Morgan fingerprint density at radius 2 is 1.11 bits per heavy atom. The van der Waals surface area contributed by atoms with Crippen LogP contribution in [0.1, 0.15) is 0 Å². The zero-order chi connectivity index (χ0) is 6.12.